The summed E-state index contributed by atoms with van der Waals surface area (Å²) >= 11 is 0. The Labute approximate surface area is 115 Å². The van der Waals surface area contributed by atoms with E-state index in [-0.39, 0.29) is 11.5 Å². The standard InChI is InChI=1S/C16H23NO2/c1-16(2)10-19-14-6-5-11(8-13(14)16)15(17)12-4-3-7-18-9-12/h5-6,8,12,15H,3-4,7,9-10,17H2,1-2H3. The molecule has 0 amide bonds. The van der Waals surface area contributed by atoms with Gasteiger partial charge in [-0.15, -0.1) is 0 Å². The van der Waals surface area contributed by atoms with Crippen LogP contribution in [0.15, 0.2) is 18.2 Å². The van der Waals surface area contributed by atoms with Crippen LogP contribution >= 0.6 is 0 Å². The fourth-order valence-electron chi connectivity index (χ4n) is 3.07. The number of hydrogen-bond acceptors (Lipinski definition) is 3. The lowest BCUT2D eigenvalue weighted by atomic mass is 9.83. The summed E-state index contributed by atoms with van der Waals surface area (Å²) in [5.41, 5.74) is 9.03. The summed E-state index contributed by atoms with van der Waals surface area (Å²) < 4.78 is 11.3. The van der Waals surface area contributed by atoms with Gasteiger partial charge in [-0.3, -0.25) is 0 Å². The van der Waals surface area contributed by atoms with Crippen molar-refractivity contribution in [2.24, 2.45) is 11.7 Å². The Morgan fingerprint density at radius 1 is 1.37 bits per heavy atom. The number of benzene rings is 1. The molecule has 1 aromatic rings. The summed E-state index contributed by atoms with van der Waals surface area (Å²) in [6.07, 6.45) is 2.29. The molecule has 0 aliphatic carbocycles. The van der Waals surface area contributed by atoms with Gasteiger partial charge in [0.2, 0.25) is 0 Å². The largest absolute Gasteiger partial charge is 0.492 e. The van der Waals surface area contributed by atoms with E-state index >= 15 is 0 Å². The van der Waals surface area contributed by atoms with Gasteiger partial charge in [0.15, 0.2) is 0 Å². The van der Waals surface area contributed by atoms with Crippen molar-refractivity contribution < 1.29 is 9.47 Å². The van der Waals surface area contributed by atoms with Crippen LogP contribution in [0.1, 0.15) is 43.9 Å². The monoisotopic (exact) mass is 261 g/mol. The highest BCUT2D eigenvalue weighted by Gasteiger charge is 2.33. The van der Waals surface area contributed by atoms with Crippen molar-refractivity contribution in [3.63, 3.8) is 0 Å². The maximum absolute atomic E-state index is 6.43. The second-order valence-electron chi connectivity index (χ2n) is 6.43. The Hall–Kier alpha value is -1.06. The molecule has 2 unspecified atom stereocenters. The van der Waals surface area contributed by atoms with Gasteiger partial charge in [-0.1, -0.05) is 19.9 Å². The summed E-state index contributed by atoms with van der Waals surface area (Å²) in [5.74, 6) is 1.46. The number of fused-ring (bicyclic) bond motifs is 1. The fraction of sp³-hybridized carbons (Fsp3) is 0.625. The zero-order chi connectivity index (χ0) is 13.5. The highest BCUT2D eigenvalue weighted by atomic mass is 16.5. The third-order valence-electron chi connectivity index (χ3n) is 4.41. The van der Waals surface area contributed by atoms with Gasteiger partial charge in [0.1, 0.15) is 5.75 Å². The number of nitrogens with two attached hydrogens (primary N) is 1. The lowest BCUT2D eigenvalue weighted by Crippen LogP contribution is -2.29. The minimum atomic E-state index is 0.0713. The van der Waals surface area contributed by atoms with E-state index in [1.165, 1.54) is 11.1 Å². The maximum Gasteiger partial charge on any atom is 0.123 e. The smallest absolute Gasteiger partial charge is 0.123 e. The zero-order valence-electron chi connectivity index (χ0n) is 11.8. The normalized spacial score (nSPS) is 26.6. The summed E-state index contributed by atoms with van der Waals surface area (Å²) in [6.45, 7) is 6.87. The molecule has 2 aliphatic rings. The van der Waals surface area contributed by atoms with E-state index in [9.17, 15) is 0 Å². The molecule has 2 N–H and O–H groups in total. The molecule has 1 fully saturated rings. The van der Waals surface area contributed by atoms with Crippen LogP contribution in [0.4, 0.5) is 0 Å². The van der Waals surface area contributed by atoms with Gasteiger partial charge in [-0.2, -0.15) is 0 Å². The van der Waals surface area contributed by atoms with Crippen LogP contribution in [0.25, 0.3) is 0 Å². The Balaban J connectivity index is 1.85. The lowest BCUT2D eigenvalue weighted by Gasteiger charge is -2.28. The van der Waals surface area contributed by atoms with E-state index in [1.54, 1.807) is 0 Å². The van der Waals surface area contributed by atoms with Crippen molar-refractivity contribution in [3.05, 3.63) is 29.3 Å². The van der Waals surface area contributed by atoms with Crippen molar-refractivity contribution in [3.8, 4) is 5.75 Å². The quantitative estimate of drug-likeness (QED) is 0.890. The molecule has 3 nitrogen and oxygen atoms in total. The Morgan fingerprint density at radius 2 is 2.21 bits per heavy atom. The number of hydrogen-bond donors (Lipinski definition) is 1. The topological polar surface area (TPSA) is 44.5 Å². The molecule has 3 rings (SSSR count). The van der Waals surface area contributed by atoms with E-state index in [0.717, 1.165) is 38.4 Å². The Kier molecular flexibility index (Phi) is 3.27. The lowest BCUT2D eigenvalue weighted by molar-refractivity contribution is 0.0447. The van der Waals surface area contributed by atoms with E-state index in [1.807, 2.05) is 0 Å². The highest BCUT2D eigenvalue weighted by Crippen LogP contribution is 2.40. The first-order valence-electron chi connectivity index (χ1n) is 7.18. The van der Waals surface area contributed by atoms with E-state index < -0.39 is 0 Å². The Morgan fingerprint density at radius 3 is 2.95 bits per heavy atom. The molecule has 2 aliphatic heterocycles. The first-order valence-corrected chi connectivity index (χ1v) is 7.18. The van der Waals surface area contributed by atoms with Gasteiger partial charge in [0.05, 0.1) is 13.2 Å². The third-order valence-corrected chi connectivity index (χ3v) is 4.41. The molecule has 0 radical (unpaired) electrons. The molecule has 0 aromatic heterocycles. The molecule has 1 saturated heterocycles. The van der Waals surface area contributed by atoms with Gasteiger partial charge in [-0.25, -0.2) is 0 Å². The molecule has 0 saturated carbocycles. The van der Waals surface area contributed by atoms with E-state index in [2.05, 4.69) is 32.0 Å². The first-order chi connectivity index (χ1) is 9.08. The van der Waals surface area contributed by atoms with Gasteiger partial charge in [0.25, 0.3) is 0 Å². The summed E-state index contributed by atoms with van der Waals surface area (Å²) in [4.78, 5) is 0. The van der Waals surface area contributed by atoms with Crippen molar-refractivity contribution in [2.75, 3.05) is 19.8 Å². The summed E-state index contributed by atoms with van der Waals surface area (Å²) in [5, 5.41) is 0. The van der Waals surface area contributed by atoms with Crippen LogP contribution in [-0.2, 0) is 10.2 Å². The van der Waals surface area contributed by atoms with E-state index in [4.69, 9.17) is 15.2 Å². The molecular formula is C16H23NO2. The SMILES string of the molecule is CC1(C)COc2ccc(C(N)C3CCCOC3)cc21. The Bertz CT molecular complexity index is 464. The molecule has 104 valence electrons. The maximum atomic E-state index is 6.43. The first kappa shape index (κ1) is 12.9. The van der Waals surface area contributed by atoms with Gasteiger partial charge in [-0.05, 0) is 30.5 Å². The predicted molar refractivity (Wildman–Crippen MR) is 75.4 cm³/mol. The van der Waals surface area contributed by atoms with Crippen LogP contribution in [0.2, 0.25) is 0 Å². The average molecular weight is 261 g/mol. The van der Waals surface area contributed by atoms with Crippen LogP contribution in [0.5, 0.6) is 5.75 Å². The molecule has 2 atom stereocenters. The second kappa shape index (κ2) is 4.80. The molecule has 0 spiro atoms. The average Bonchev–Trinajstić information content (AvgIpc) is 2.74. The fourth-order valence-corrected chi connectivity index (χ4v) is 3.07. The zero-order valence-corrected chi connectivity index (χ0v) is 11.8. The van der Waals surface area contributed by atoms with Crippen molar-refractivity contribution in [1.29, 1.82) is 0 Å². The molecular weight excluding hydrogens is 238 g/mol. The second-order valence-corrected chi connectivity index (χ2v) is 6.43. The van der Waals surface area contributed by atoms with Crippen LogP contribution in [0, 0.1) is 5.92 Å². The molecule has 1 aromatic carbocycles. The third kappa shape index (κ3) is 2.37. The molecule has 2 heterocycles. The molecule has 19 heavy (non-hydrogen) atoms. The van der Waals surface area contributed by atoms with Crippen LogP contribution in [-0.4, -0.2) is 19.8 Å². The molecule has 0 bridgehead atoms. The van der Waals surface area contributed by atoms with Crippen LogP contribution in [0.3, 0.4) is 0 Å². The van der Waals surface area contributed by atoms with Gasteiger partial charge in [0, 0.05) is 29.5 Å². The van der Waals surface area contributed by atoms with Crippen LogP contribution < -0.4 is 10.5 Å². The van der Waals surface area contributed by atoms with Crippen molar-refractivity contribution >= 4 is 0 Å². The van der Waals surface area contributed by atoms with Crippen molar-refractivity contribution in [1.82, 2.24) is 0 Å². The number of rotatable bonds is 2. The minimum Gasteiger partial charge on any atom is -0.492 e. The van der Waals surface area contributed by atoms with Gasteiger partial charge >= 0.3 is 0 Å². The minimum absolute atomic E-state index is 0.0713. The summed E-state index contributed by atoms with van der Waals surface area (Å²) in [6, 6.07) is 6.49. The van der Waals surface area contributed by atoms with Crippen molar-refractivity contribution in [2.45, 2.75) is 38.1 Å². The number of ether oxygens (including phenoxy) is 2. The predicted octanol–water partition coefficient (Wildman–Crippen LogP) is 2.78. The van der Waals surface area contributed by atoms with Gasteiger partial charge < -0.3 is 15.2 Å². The highest BCUT2D eigenvalue weighted by molar-refractivity contribution is 5.46. The molecule has 3 heteroatoms. The van der Waals surface area contributed by atoms with E-state index in [0.29, 0.717) is 5.92 Å². The summed E-state index contributed by atoms with van der Waals surface area (Å²) in [7, 11) is 0.